The zero-order chi connectivity index (χ0) is 11.4. The summed E-state index contributed by atoms with van der Waals surface area (Å²) in [6, 6.07) is 0.324. The third-order valence-corrected chi connectivity index (χ3v) is 3.17. The lowest BCUT2D eigenvalue weighted by atomic mass is 9.86. The van der Waals surface area contributed by atoms with Crippen LogP contribution in [-0.4, -0.2) is 27.3 Å². The standard InChI is InChI=1S/C11H17N3O2/c15-11(16)9-2-1-3-10(4-9)12-5-8-6-13-14-7-8/h6-7,9-10,12H,1-5H2,(H,13,14)(H,15,16). The van der Waals surface area contributed by atoms with E-state index in [1.807, 2.05) is 6.20 Å². The van der Waals surface area contributed by atoms with Gasteiger partial charge in [0.1, 0.15) is 0 Å². The molecule has 2 unspecified atom stereocenters. The Kier molecular flexibility index (Phi) is 3.56. The van der Waals surface area contributed by atoms with Crippen LogP contribution in [0.5, 0.6) is 0 Å². The van der Waals surface area contributed by atoms with Crippen LogP contribution in [0.15, 0.2) is 12.4 Å². The Morgan fingerprint density at radius 2 is 2.50 bits per heavy atom. The van der Waals surface area contributed by atoms with Crippen molar-refractivity contribution in [3.05, 3.63) is 18.0 Å². The molecule has 0 bridgehead atoms. The van der Waals surface area contributed by atoms with E-state index in [1.54, 1.807) is 6.20 Å². The summed E-state index contributed by atoms with van der Waals surface area (Å²) < 4.78 is 0. The molecule has 0 radical (unpaired) electrons. The zero-order valence-electron chi connectivity index (χ0n) is 9.15. The summed E-state index contributed by atoms with van der Waals surface area (Å²) in [5.41, 5.74) is 1.11. The maximum atomic E-state index is 10.9. The third kappa shape index (κ3) is 2.82. The predicted molar refractivity (Wildman–Crippen MR) is 58.8 cm³/mol. The fourth-order valence-corrected chi connectivity index (χ4v) is 2.24. The van der Waals surface area contributed by atoms with Crippen LogP contribution in [0.3, 0.4) is 0 Å². The minimum Gasteiger partial charge on any atom is -0.481 e. The van der Waals surface area contributed by atoms with Crippen LogP contribution in [0, 0.1) is 5.92 Å². The average molecular weight is 223 g/mol. The van der Waals surface area contributed by atoms with Crippen molar-refractivity contribution in [2.45, 2.75) is 38.3 Å². The summed E-state index contributed by atoms with van der Waals surface area (Å²) in [7, 11) is 0. The van der Waals surface area contributed by atoms with E-state index in [2.05, 4.69) is 15.5 Å². The van der Waals surface area contributed by atoms with E-state index in [-0.39, 0.29) is 5.92 Å². The van der Waals surface area contributed by atoms with Crippen molar-refractivity contribution in [2.75, 3.05) is 0 Å². The van der Waals surface area contributed by atoms with Gasteiger partial charge in [0, 0.05) is 24.3 Å². The number of aromatic amines is 1. The highest BCUT2D eigenvalue weighted by Gasteiger charge is 2.26. The minimum atomic E-state index is -0.658. The van der Waals surface area contributed by atoms with Crippen molar-refractivity contribution in [1.29, 1.82) is 0 Å². The van der Waals surface area contributed by atoms with E-state index in [1.165, 1.54) is 0 Å². The normalized spacial score (nSPS) is 25.5. The first-order valence-corrected chi connectivity index (χ1v) is 5.69. The van der Waals surface area contributed by atoms with Gasteiger partial charge in [-0.1, -0.05) is 6.42 Å². The molecule has 1 aromatic rings. The number of carbonyl (C=O) groups is 1. The Labute approximate surface area is 94.2 Å². The summed E-state index contributed by atoms with van der Waals surface area (Å²) in [6.45, 7) is 0.757. The number of H-pyrrole nitrogens is 1. The molecule has 5 nitrogen and oxygen atoms in total. The van der Waals surface area contributed by atoms with Crippen molar-refractivity contribution >= 4 is 5.97 Å². The number of hydrogen-bond acceptors (Lipinski definition) is 3. The number of hydrogen-bond donors (Lipinski definition) is 3. The van der Waals surface area contributed by atoms with Gasteiger partial charge in [0.15, 0.2) is 0 Å². The molecule has 1 fully saturated rings. The molecule has 1 aliphatic carbocycles. The van der Waals surface area contributed by atoms with E-state index < -0.39 is 5.97 Å². The number of nitrogens with one attached hydrogen (secondary N) is 2. The van der Waals surface area contributed by atoms with Gasteiger partial charge in [-0.25, -0.2) is 0 Å². The number of aromatic nitrogens is 2. The topological polar surface area (TPSA) is 78.0 Å². The molecule has 1 aliphatic rings. The molecule has 1 heterocycles. The Balaban J connectivity index is 1.79. The maximum absolute atomic E-state index is 10.9. The van der Waals surface area contributed by atoms with E-state index in [4.69, 9.17) is 5.11 Å². The van der Waals surface area contributed by atoms with Crippen LogP contribution in [-0.2, 0) is 11.3 Å². The third-order valence-electron chi connectivity index (χ3n) is 3.17. The Morgan fingerprint density at radius 1 is 1.62 bits per heavy atom. The van der Waals surface area contributed by atoms with Crippen molar-refractivity contribution in [3.8, 4) is 0 Å². The molecule has 0 aliphatic heterocycles. The highest BCUT2D eigenvalue weighted by molar-refractivity contribution is 5.70. The second-order valence-corrected chi connectivity index (χ2v) is 4.39. The van der Waals surface area contributed by atoms with E-state index in [0.717, 1.165) is 37.8 Å². The highest BCUT2D eigenvalue weighted by atomic mass is 16.4. The first kappa shape index (κ1) is 11.1. The van der Waals surface area contributed by atoms with Crippen molar-refractivity contribution in [1.82, 2.24) is 15.5 Å². The molecule has 88 valence electrons. The smallest absolute Gasteiger partial charge is 0.306 e. The van der Waals surface area contributed by atoms with Crippen molar-refractivity contribution < 1.29 is 9.90 Å². The number of aliphatic carboxylic acids is 1. The molecular weight excluding hydrogens is 206 g/mol. The van der Waals surface area contributed by atoms with Crippen molar-refractivity contribution in [3.63, 3.8) is 0 Å². The van der Waals surface area contributed by atoms with Gasteiger partial charge in [0.25, 0.3) is 0 Å². The second-order valence-electron chi connectivity index (χ2n) is 4.39. The minimum absolute atomic E-state index is 0.171. The quantitative estimate of drug-likeness (QED) is 0.715. The molecule has 5 heteroatoms. The predicted octanol–water partition coefficient (Wildman–Crippen LogP) is 1.14. The van der Waals surface area contributed by atoms with Crippen LogP contribution in [0.2, 0.25) is 0 Å². The van der Waals surface area contributed by atoms with Gasteiger partial charge in [-0.15, -0.1) is 0 Å². The second kappa shape index (κ2) is 5.12. The molecule has 1 saturated carbocycles. The van der Waals surface area contributed by atoms with Crippen LogP contribution >= 0.6 is 0 Å². The van der Waals surface area contributed by atoms with Crippen LogP contribution in [0.1, 0.15) is 31.2 Å². The van der Waals surface area contributed by atoms with Gasteiger partial charge in [0.2, 0.25) is 0 Å². The Bertz CT molecular complexity index is 337. The Hall–Kier alpha value is -1.36. The van der Waals surface area contributed by atoms with Crippen LogP contribution in [0.4, 0.5) is 0 Å². The molecule has 0 saturated heterocycles. The van der Waals surface area contributed by atoms with E-state index in [0.29, 0.717) is 6.04 Å². The summed E-state index contributed by atoms with van der Waals surface area (Å²) in [4.78, 5) is 10.9. The summed E-state index contributed by atoms with van der Waals surface area (Å²) in [5, 5.41) is 19.0. The van der Waals surface area contributed by atoms with Gasteiger partial charge in [-0.3, -0.25) is 9.89 Å². The van der Waals surface area contributed by atoms with E-state index >= 15 is 0 Å². The van der Waals surface area contributed by atoms with Gasteiger partial charge in [-0.2, -0.15) is 5.10 Å². The van der Waals surface area contributed by atoms with E-state index in [9.17, 15) is 4.79 Å². The van der Waals surface area contributed by atoms with Crippen LogP contribution < -0.4 is 5.32 Å². The number of carboxylic acid groups (broad SMARTS) is 1. The zero-order valence-corrected chi connectivity index (χ0v) is 9.15. The number of nitrogens with zero attached hydrogens (tertiary/aromatic N) is 1. The molecule has 16 heavy (non-hydrogen) atoms. The fourth-order valence-electron chi connectivity index (χ4n) is 2.24. The maximum Gasteiger partial charge on any atom is 0.306 e. The summed E-state index contributed by atoms with van der Waals surface area (Å²) in [5.74, 6) is -0.828. The summed E-state index contributed by atoms with van der Waals surface area (Å²) in [6.07, 6.45) is 7.27. The SMILES string of the molecule is O=C(O)C1CCCC(NCc2cn[nH]c2)C1. The summed E-state index contributed by atoms with van der Waals surface area (Å²) >= 11 is 0. The molecule has 0 aromatic carbocycles. The number of rotatable bonds is 4. The first-order chi connectivity index (χ1) is 7.75. The molecular formula is C11H17N3O2. The number of carboxylic acids is 1. The molecule has 0 amide bonds. The molecule has 0 spiro atoms. The van der Waals surface area contributed by atoms with Gasteiger partial charge in [0.05, 0.1) is 12.1 Å². The monoisotopic (exact) mass is 223 g/mol. The van der Waals surface area contributed by atoms with Gasteiger partial charge < -0.3 is 10.4 Å². The van der Waals surface area contributed by atoms with Crippen molar-refractivity contribution in [2.24, 2.45) is 5.92 Å². The molecule has 3 N–H and O–H groups in total. The fraction of sp³-hybridized carbons (Fsp3) is 0.636. The van der Waals surface area contributed by atoms with Gasteiger partial charge in [-0.05, 0) is 19.3 Å². The van der Waals surface area contributed by atoms with Crippen LogP contribution in [0.25, 0.3) is 0 Å². The molecule has 1 aromatic heterocycles. The lowest BCUT2D eigenvalue weighted by molar-refractivity contribution is -0.143. The molecule has 2 rings (SSSR count). The first-order valence-electron chi connectivity index (χ1n) is 5.69. The highest BCUT2D eigenvalue weighted by Crippen LogP contribution is 2.24. The average Bonchev–Trinajstić information content (AvgIpc) is 2.79. The molecule has 2 atom stereocenters. The Morgan fingerprint density at radius 3 is 3.19 bits per heavy atom. The van der Waals surface area contributed by atoms with Gasteiger partial charge >= 0.3 is 5.97 Å². The lowest BCUT2D eigenvalue weighted by Gasteiger charge is -2.27. The lowest BCUT2D eigenvalue weighted by Crippen LogP contribution is -2.35. The largest absolute Gasteiger partial charge is 0.481 e.